The summed E-state index contributed by atoms with van der Waals surface area (Å²) in [5, 5.41) is 4.20. The molecule has 94 valence electrons. The van der Waals surface area contributed by atoms with Crippen LogP contribution in [0.3, 0.4) is 0 Å². The van der Waals surface area contributed by atoms with Crippen molar-refractivity contribution in [2.24, 2.45) is 7.05 Å². The molecule has 0 saturated carbocycles. The van der Waals surface area contributed by atoms with Gasteiger partial charge in [-0.2, -0.15) is 5.10 Å². The molecule has 0 radical (unpaired) electrons. The lowest BCUT2D eigenvalue weighted by Crippen LogP contribution is -2.18. The van der Waals surface area contributed by atoms with Crippen LogP contribution in [-0.4, -0.2) is 24.0 Å². The maximum absolute atomic E-state index is 11.3. The molecule has 0 amide bonds. The number of aromatic nitrogens is 2. The van der Waals surface area contributed by atoms with E-state index in [1.54, 1.807) is 33.4 Å². The molecule has 2 aromatic rings. The van der Waals surface area contributed by atoms with Crippen LogP contribution in [0, 0.1) is 0 Å². The van der Waals surface area contributed by atoms with E-state index in [4.69, 9.17) is 9.47 Å². The van der Waals surface area contributed by atoms with Gasteiger partial charge in [0, 0.05) is 18.7 Å². The smallest absolute Gasteiger partial charge is 0.266 e. The van der Waals surface area contributed by atoms with E-state index in [0.717, 1.165) is 5.56 Å². The van der Waals surface area contributed by atoms with Crippen molar-refractivity contribution in [2.45, 2.75) is 0 Å². The van der Waals surface area contributed by atoms with Gasteiger partial charge in [-0.1, -0.05) is 0 Å². The Balaban J connectivity index is 2.60. The van der Waals surface area contributed by atoms with Gasteiger partial charge in [0.1, 0.15) is 11.5 Å². The number of aryl methyl sites for hydroxylation is 1. The third-order valence-electron chi connectivity index (χ3n) is 2.64. The zero-order chi connectivity index (χ0) is 13.1. The van der Waals surface area contributed by atoms with Crippen LogP contribution >= 0.6 is 0 Å². The zero-order valence-electron chi connectivity index (χ0n) is 10.5. The van der Waals surface area contributed by atoms with Crippen molar-refractivity contribution in [3.63, 3.8) is 0 Å². The van der Waals surface area contributed by atoms with E-state index in [0.29, 0.717) is 17.2 Å². The summed E-state index contributed by atoms with van der Waals surface area (Å²) in [4.78, 5) is 11.3. The Morgan fingerprint density at radius 3 is 2.50 bits per heavy atom. The summed E-state index contributed by atoms with van der Waals surface area (Å²) in [6, 6.07) is 8.58. The van der Waals surface area contributed by atoms with Gasteiger partial charge in [-0.3, -0.25) is 4.79 Å². The third-order valence-corrected chi connectivity index (χ3v) is 2.64. The van der Waals surface area contributed by atoms with Crippen molar-refractivity contribution in [1.82, 2.24) is 9.78 Å². The van der Waals surface area contributed by atoms with Crippen LogP contribution < -0.4 is 15.0 Å². The minimum atomic E-state index is -0.152. The molecule has 0 aliphatic rings. The Bertz CT molecular complexity index is 620. The molecule has 0 aliphatic heterocycles. The molecule has 0 fully saturated rings. The van der Waals surface area contributed by atoms with E-state index < -0.39 is 0 Å². The van der Waals surface area contributed by atoms with E-state index >= 15 is 0 Å². The quantitative estimate of drug-likeness (QED) is 0.822. The van der Waals surface area contributed by atoms with Gasteiger partial charge in [0.2, 0.25) is 0 Å². The first-order valence-corrected chi connectivity index (χ1v) is 5.42. The zero-order valence-corrected chi connectivity index (χ0v) is 10.5. The van der Waals surface area contributed by atoms with Crippen molar-refractivity contribution in [2.75, 3.05) is 14.2 Å². The van der Waals surface area contributed by atoms with Crippen LogP contribution in [0.5, 0.6) is 11.5 Å². The van der Waals surface area contributed by atoms with Crippen LogP contribution in [0.4, 0.5) is 0 Å². The minimum absolute atomic E-state index is 0.152. The maximum Gasteiger partial charge on any atom is 0.266 e. The molecule has 18 heavy (non-hydrogen) atoms. The van der Waals surface area contributed by atoms with Crippen molar-refractivity contribution < 1.29 is 9.47 Å². The molecule has 0 bridgehead atoms. The van der Waals surface area contributed by atoms with Gasteiger partial charge in [-0.15, -0.1) is 0 Å². The number of nitrogens with zero attached hydrogens (tertiary/aromatic N) is 2. The molecule has 2 rings (SSSR count). The number of benzene rings is 1. The molecule has 0 N–H and O–H groups in total. The van der Waals surface area contributed by atoms with Crippen LogP contribution in [0.1, 0.15) is 0 Å². The first-order chi connectivity index (χ1) is 8.65. The van der Waals surface area contributed by atoms with E-state index in [9.17, 15) is 4.79 Å². The summed E-state index contributed by atoms with van der Waals surface area (Å²) in [5.41, 5.74) is 1.29. The average Bonchev–Trinajstić information content (AvgIpc) is 2.41. The summed E-state index contributed by atoms with van der Waals surface area (Å²) in [7, 11) is 4.80. The minimum Gasteiger partial charge on any atom is -0.497 e. The van der Waals surface area contributed by atoms with E-state index in [2.05, 4.69) is 5.10 Å². The van der Waals surface area contributed by atoms with Crippen molar-refractivity contribution in [3.8, 4) is 22.8 Å². The number of hydrogen-bond donors (Lipinski definition) is 0. The van der Waals surface area contributed by atoms with Gasteiger partial charge < -0.3 is 9.47 Å². The number of rotatable bonds is 3. The predicted molar refractivity (Wildman–Crippen MR) is 68.0 cm³/mol. The SMILES string of the molecule is COc1ccc(OC)c(-c2ccc(=O)n(C)n2)c1. The Morgan fingerprint density at radius 2 is 1.89 bits per heavy atom. The number of hydrogen-bond acceptors (Lipinski definition) is 4. The average molecular weight is 246 g/mol. The molecule has 1 aromatic heterocycles. The highest BCUT2D eigenvalue weighted by Gasteiger charge is 2.09. The number of ether oxygens (including phenoxy) is 2. The van der Waals surface area contributed by atoms with Gasteiger partial charge in [0.05, 0.1) is 19.9 Å². The van der Waals surface area contributed by atoms with Gasteiger partial charge >= 0.3 is 0 Å². The second-order valence-corrected chi connectivity index (χ2v) is 3.75. The molecule has 5 heteroatoms. The topological polar surface area (TPSA) is 53.4 Å². The lowest BCUT2D eigenvalue weighted by Gasteiger charge is -2.10. The lowest BCUT2D eigenvalue weighted by molar-refractivity contribution is 0.404. The largest absolute Gasteiger partial charge is 0.497 e. The molecular formula is C13H14N2O3. The molecule has 5 nitrogen and oxygen atoms in total. The van der Waals surface area contributed by atoms with Crippen LogP contribution in [0.2, 0.25) is 0 Å². The highest BCUT2D eigenvalue weighted by atomic mass is 16.5. The van der Waals surface area contributed by atoms with Gasteiger partial charge in [-0.25, -0.2) is 4.68 Å². The van der Waals surface area contributed by atoms with Gasteiger partial charge in [0.25, 0.3) is 5.56 Å². The van der Waals surface area contributed by atoms with Crippen molar-refractivity contribution in [1.29, 1.82) is 0 Å². The summed E-state index contributed by atoms with van der Waals surface area (Å²) in [5.74, 6) is 1.39. The van der Waals surface area contributed by atoms with Gasteiger partial charge in [-0.05, 0) is 24.3 Å². The standard InChI is InChI=1S/C13H14N2O3/c1-15-13(16)7-5-11(14-15)10-8-9(17-2)4-6-12(10)18-3/h4-8H,1-3H3. The summed E-state index contributed by atoms with van der Waals surface area (Å²) >= 11 is 0. The summed E-state index contributed by atoms with van der Waals surface area (Å²) in [6.45, 7) is 0. The Hall–Kier alpha value is -2.30. The molecule has 0 aliphatic carbocycles. The van der Waals surface area contributed by atoms with E-state index in [1.165, 1.54) is 10.7 Å². The lowest BCUT2D eigenvalue weighted by atomic mass is 10.1. The maximum atomic E-state index is 11.3. The first kappa shape index (κ1) is 12.2. The van der Waals surface area contributed by atoms with Crippen molar-refractivity contribution in [3.05, 3.63) is 40.7 Å². The molecule has 1 aromatic carbocycles. The second kappa shape index (κ2) is 4.91. The van der Waals surface area contributed by atoms with Crippen LogP contribution in [-0.2, 0) is 7.05 Å². The summed E-state index contributed by atoms with van der Waals surface area (Å²) < 4.78 is 11.8. The molecule has 0 atom stereocenters. The number of methoxy groups -OCH3 is 2. The monoisotopic (exact) mass is 246 g/mol. The highest BCUT2D eigenvalue weighted by molar-refractivity contribution is 5.68. The Kier molecular flexibility index (Phi) is 3.32. The van der Waals surface area contributed by atoms with E-state index in [1.807, 2.05) is 12.1 Å². The van der Waals surface area contributed by atoms with Crippen LogP contribution in [0.15, 0.2) is 35.1 Å². The third kappa shape index (κ3) is 2.20. The fourth-order valence-electron chi connectivity index (χ4n) is 1.66. The Morgan fingerprint density at radius 1 is 1.11 bits per heavy atom. The molecule has 1 heterocycles. The molecule has 0 saturated heterocycles. The predicted octanol–water partition coefficient (Wildman–Crippen LogP) is 1.46. The first-order valence-electron chi connectivity index (χ1n) is 5.42. The summed E-state index contributed by atoms with van der Waals surface area (Å²) in [6.07, 6.45) is 0. The van der Waals surface area contributed by atoms with Gasteiger partial charge in [0.15, 0.2) is 0 Å². The fourth-order valence-corrected chi connectivity index (χ4v) is 1.66. The molecule has 0 spiro atoms. The fraction of sp³-hybridized carbons (Fsp3) is 0.231. The molecular weight excluding hydrogens is 232 g/mol. The molecule has 0 unspecified atom stereocenters. The van der Waals surface area contributed by atoms with Crippen molar-refractivity contribution >= 4 is 0 Å². The second-order valence-electron chi connectivity index (χ2n) is 3.75. The Labute approximate surface area is 105 Å². The normalized spacial score (nSPS) is 10.2. The van der Waals surface area contributed by atoms with Crippen LogP contribution in [0.25, 0.3) is 11.3 Å². The highest BCUT2D eigenvalue weighted by Crippen LogP contribution is 2.31. The van der Waals surface area contributed by atoms with E-state index in [-0.39, 0.29) is 5.56 Å².